The summed E-state index contributed by atoms with van der Waals surface area (Å²) in [5.74, 6) is -1.20. The zero-order valence-corrected chi connectivity index (χ0v) is 11.6. The first-order chi connectivity index (χ1) is 9.54. The van der Waals surface area contributed by atoms with Crippen LogP contribution >= 0.6 is 0 Å². The molecular formula is C14H18N2O4. The van der Waals surface area contributed by atoms with Crippen LogP contribution in [-0.2, 0) is 4.74 Å². The molecule has 0 spiro atoms. The van der Waals surface area contributed by atoms with Crippen molar-refractivity contribution in [3.8, 4) is 0 Å². The normalized spacial score (nSPS) is 18.9. The molecule has 20 heavy (non-hydrogen) atoms. The van der Waals surface area contributed by atoms with Gasteiger partial charge in [-0.05, 0) is 25.5 Å². The number of carboxylic acid groups (broad SMARTS) is 1. The molecule has 1 atom stereocenters. The fourth-order valence-electron chi connectivity index (χ4n) is 2.31. The highest BCUT2D eigenvalue weighted by Crippen LogP contribution is 2.15. The zero-order chi connectivity index (χ0) is 14.7. The van der Waals surface area contributed by atoms with Gasteiger partial charge in [-0.25, -0.2) is 9.78 Å². The number of nitrogens with zero attached hydrogens (tertiary/aromatic N) is 2. The van der Waals surface area contributed by atoms with Crippen molar-refractivity contribution < 1.29 is 19.4 Å². The number of hydrogen-bond donors (Lipinski definition) is 1. The fraction of sp³-hybridized carbons (Fsp3) is 0.500. The molecule has 0 aliphatic carbocycles. The molecule has 1 unspecified atom stereocenters. The van der Waals surface area contributed by atoms with Gasteiger partial charge in [0.05, 0.1) is 30.5 Å². The Morgan fingerprint density at radius 1 is 1.50 bits per heavy atom. The number of rotatable bonds is 3. The highest BCUT2D eigenvalue weighted by Gasteiger charge is 2.27. The maximum Gasteiger partial charge on any atom is 0.337 e. The molecule has 1 aliphatic heterocycles. The Morgan fingerprint density at radius 2 is 2.25 bits per heavy atom. The van der Waals surface area contributed by atoms with E-state index in [1.165, 1.54) is 12.1 Å². The minimum Gasteiger partial charge on any atom is -0.478 e. The van der Waals surface area contributed by atoms with Gasteiger partial charge in [-0.15, -0.1) is 0 Å². The first kappa shape index (κ1) is 14.5. The Hall–Kier alpha value is -1.95. The van der Waals surface area contributed by atoms with E-state index in [-0.39, 0.29) is 23.2 Å². The average molecular weight is 278 g/mol. The highest BCUT2D eigenvalue weighted by molar-refractivity contribution is 5.94. The molecule has 0 radical (unpaired) electrons. The summed E-state index contributed by atoms with van der Waals surface area (Å²) in [5, 5.41) is 8.97. The van der Waals surface area contributed by atoms with E-state index in [1.807, 2.05) is 6.92 Å². The quantitative estimate of drug-likeness (QED) is 0.902. The number of aromatic carboxylic acids is 1. The van der Waals surface area contributed by atoms with Crippen LogP contribution < -0.4 is 0 Å². The summed E-state index contributed by atoms with van der Waals surface area (Å²) in [6, 6.07) is 2.96. The topological polar surface area (TPSA) is 79.7 Å². The van der Waals surface area contributed by atoms with Crippen molar-refractivity contribution in [2.24, 2.45) is 0 Å². The van der Waals surface area contributed by atoms with Crippen LogP contribution in [0.2, 0.25) is 0 Å². The Labute approximate surface area is 117 Å². The molecule has 1 aliphatic rings. The predicted octanol–water partition coefficient (Wildman–Crippen LogP) is 1.34. The first-order valence-electron chi connectivity index (χ1n) is 6.64. The van der Waals surface area contributed by atoms with Crippen molar-refractivity contribution in [1.29, 1.82) is 0 Å². The van der Waals surface area contributed by atoms with E-state index in [0.717, 1.165) is 6.42 Å². The second kappa shape index (κ2) is 6.00. The Bertz CT molecular complexity index is 530. The van der Waals surface area contributed by atoms with Crippen molar-refractivity contribution in [3.05, 3.63) is 29.1 Å². The molecule has 1 fully saturated rings. The molecule has 0 saturated carbocycles. The predicted molar refractivity (Wildman–Crippen MR) is 71.9 cm³/mol. The number of hydrogen-bond acceptors (Lipinski definition) is 4. The van der Waals surface area contributed by atoms with Crippen molar-refractivity contribution >= 4 is 11.9 Å². The van der Waals surface area contributed by atoms with Crippen LogP contribution in [0.5, 0.6) is 0 Å². The molecule has 2 rings (SSSR count). The van der Waals surface area contributed by atoms with Gasteiger partial charge in [-0.3, -0.25) is 4.79 Å². The van der Waals surface area contributed by atoms with Crippen LogP contribution in [-0.4, -0.2) is 52.7 Å². The van der Waals surface area contributed by atoms with Gasteiger partial charge in [-0.2, -0.15) is 0 Å². The molecule has 1 N–H and O–H groups in total. The largest absolute Gasteiger partial charge is 0.478 e. The van der Waals surface area contributed by atoms with Gasteiger partial charge < -0.3 is 14.7 Å². The third-order valence-corrected chi connectivity index (χ3v) is 3.49. The summed E-state index contributed by atoms with van der Waals surface area (Å²) in [7, 11) is 0. The lowest BCUT2D eigenvalue weighted by Crippen LogP contribution is -2.48. The average Bonchev–Trinajstić information content (AvgIpc) is 2.45. The Morgan fingerprint density at radius 3 is 2.85 bits per heavy atom. The van der Waals surface area contributed by atoms with Crippen molar-refractivity contribution in [1.82, 2.24) is 9.88 Å². The van der Waals surface area contributed by atoms with E-state index in [1.54, 1.807) is 11.8 Å². The summed E-state index contributed by atoms with van der Waals surface area (Å²) >= 11 is 0. The van der Waals surface area contributed by atoms with E-state index in [2.05, 4.69) is 4.98 Å². The van der Waals surface area contributed by atoms with Crippen LogP contribution in [0.3, 0.4) is 0 Å². The second-order valence-electron chi connectivity index (χ2n) is 4.77. The monoisotopic (exact) mass is 278 g/mol. The third kappa shape index (κ3) is 2.80. The lowest BCUT2D eigenvalue weighted by Gasteiger charge is -2.34. The van der Waals surface area contributed by atoms with Gasteiger partial charge in [0.2, 0.25) is 0 Å². The van der Waals surface area contributed by atoms with Crippen LogP contribution in [0.1, 0.15) is 39.9 Å². The summed E-state index contributed by atoms with van der Waals surface area (Å²) in [6.07, 6.45) is 0.817. The lowest BCUT2D eigenvalue weighted by atomic mass is 10.1. The number of aromatic nitrogens is 1. The molecule has 0 aromatic carbocycles. The van der Waals surface area contributed by atoms with Crippen molar-refractivity contribution in [2.75, 3.05) is 19.8 Å². The molecule has 1 saturated heterocycles. The molecule has 1 aromatic rings. The summed E-state index contributed by atoms with van der Waals surface area (Å²) in [5.41, 5.74) is 0.757. The number of carbonyl (C=O) groups excluding carboxylic acids is 1. The van der Waals surface area contributed by atoms with E-state index in [4.69, 9.17) is 9.84 Å². The minimum atomic E-state index is -1.04. The second-order valence-corrected chi connectivity index (χ2v) is 4.77. The zero-order valence-electron chi connectivity index (χ0n) is 11.6. The van der Waals surface area contributed by atoms with Crippen LogP contribution in [0.25, 0.3) is 0 Å². The van der Waals surface area contributed by atoms with E-state index in [0.29, 0.717) is 25.5 Å². The lowest BCUT2D eigenvalue weighted by molar-refractivity contribution is -0.00312. The van der Waals surface area contributed by atoms with Gasteiger partial charge in [0.15, 0.2) is 0 Å². The van der Waals surface area contributed by atoms with Crippen LogP contribution in [0.15, 0.2) is 12.1 Å². The maximum absolute atomic E-state index is 12.5. The number of amides is 1. The van der Waals surface area contributed by atoms with Crippen LogP contribution in [0, 0.1) is 6.92 Å². The molecule has 0 bridgehead atoms. The van der Waals surface area contributed by atoms with Crippen molar-refractivity contribution in [2.45, 2.75) is 26.3 Å². The SMILES string of the molecule is CCC1COCCN1C(=O)c1ccc(C(=O)O)c(C)n1. The Balaban J connectivity index is 2.24. The maximum atomic E-state index is 12.5. The molecule has 2 heterocycles. The van der Waals surface area contributed by atoms with E-state index >= 15 is 0 Å². The number of morpholine rings is 1. The van der Waals surface area contributed by atoms with E-state index in [9.17, 15) is 9.59 Å². The number of carboxylic acids is 1. The minimum absolute atomic E-state index is 0.0532. The van der Waals surface area contributed by atoms with Gasteiger partial charge in [0.25, 0.3) is 5.91 Å². The molecule has 1 aromatic heterocycles. The highest BCUT2D eigenvalue weighted by atomic mass is 16.5. The fourth-order valence-corrected chi connectivity index (χ4v) is 2.31. The molecular weight excluding hydrogens is 260 g/mol. The van der Waals surface area contributed by atoms with Gasteiger partial charge in [-0.1, -0.05) is 6.92 Å². The van der Waals surface area contributed by atoms with Gasteiger partial charge in [0.1, 0.15) is 5.69 Å². The summed E-state index contributed by atoms with van der Waals surface area (Å²) < 4.78 is 5.37. The molecule has 108 valence electrons. The van der Waals surface area contributed by atoms with Gasteiger partial charge in [0, 0.05) is 6.54 Å². The number of carbonyl (C=O) groups is 2. The third-order valence-electron chi connectivity index (χ3n) is 3.49. The van der Waals surface area contributed by atoms with Crippen molar-refractivity contribution in [3.63, 3.8) is 0 Å². The first-order valence-corrected chi connectivity index (χ1v) is 6.64. The number of aryl methyl sites for hydroxylation is 1. The van der Waals surface area contributed by atoms with E-state index < -0.39 is 5.97 Å². The smallest absolute Gasteiger partial charge is 0.337 e. The summed E-state index contributed by atoms with van der Waals surface area (Å²) in [4.78, 5) is 29.3. The molecule has 6 heteroatoms. The molecule has 1 amide bonds. The summed E-state index contributed by atoms with van der Waals surface area (Å²) in [6.45, 7) is 5.20. The van der Waals surface area contributed by atoms with Crippen LogP contribution in [0.4, 0.5) is 0 Å². The molecule has 6 nitrogen and oxygen atoms in total. The van der Waals surface area contributed by atoms with Gasteiger partial charge >= 0.3 is 5.97 Å². The Kier molecular flexibility index (Phi) is 4.34. The standard InChI is InChI=1S/C14H18N2O4/c1-3-10-8-20-7-6-16(10)13(17)12-5-4-11(14(18)19)9(2)15-12/h4-5,10H,3,6-8H2,1-2H3,(H,18,19). The number of pyridine rings is 1. The number of ether oxygens (including phenoxy) is 1.